The Labute approximate surface area is 230 Å². The average molecular weight is 520 g/mol. The molecule has 1 aliphatic rings. The molecule has 0 atom stereocenters. The smallest absolute Gasteiger partial charge is 0.236 e. The fourth-order valence-corrected chi connectivity index (χ4v) is 5.62. The van der Waals surface area contributed by atoms with Crippen LogP contribution in [0.1, 0.15) is 95.9 Å². The van der Waals surface area contributed by atoms with Gasteiger partial charge < -0.3 is 15.0 Å². The molecule has 0 bridgehead atoms. The fraction of sp³-hybridized carbons (Fsp3) is 0.545. The Bertz CT molecular complexity index is 1160. The van der Waals surface area contributed by atoms with E-state index in [9.17, 15) is 9.90 Å². The lowest BCUT2D eigenvalue weighted by atomic mass is 9.87. The highest BCUT2D eigenvalue weighted by Crippen LogP contribution is 2.37. The first-order valence-corrected chi connectivity index (χ1v) is 14.4. The Morgan fingerprint density at radius 3 is 2.47 bits per heavy atom. The number of piperidine rings is 1. The van der Waals surface area contributed by atoms with Gasteiger partial charge in [0, 0.05) is 36.2 Å². The van der Waals surface area contributed by atoms with E-state index in [0.717, 1.165) is 50.9 Å². The molecule has 1 fully saturated rings. The molecule has 2 N–H and O–H groups in total. The van der Waals surface area contributed by atoms with Crippen LogP contribution < -0.4 is 0 Å². The zero-order chi connectivity index (χ0) is 27.8. The number of nitrogens with one attached hydrogen (secondary N) is 1. The molecule has 1 aliphatic heterocycles. The van der Waals surface area contributed by atoms with Gasteiger partial charge >= 0.3 is 0 Å². The van der Waals surface area contributed by atoms with Crippen LogP contribution in [0.15, 0.2) is 48.1 Å². The van der Waals surface area contributed by atoms with Crippen LogP contribution in [-0.2, 0) is 4.79 Å². The number of carbonyl (C=O) groups is 1. The molecule has 208 valence electrons. The number of aromatic amines is 1. The SMILES string of the molecule is C=C(C)/C=C(\C=C(C)C)c1[nH]c2ccc(C3CCN(C(=O)CN(CCO)CCCC)CC3)cc2c1C(C)C. The van der Waals surface area contributed by atoms with Crippen molar-refractivity contribution in [1.29, 1.82) is 0 Å². The van der Waals surface area contributed by atoms with Crippen LogP contribution in [0, 0.1) is 0 Å². The normalized spacial score (nSPS) is 15.1. The van der Waals surface area contributed by atoms with Crippen molar-refractivity contribution < 1.29 is 9.90 Å². The van der Waals surface area contributed by atoms with Gasteiger partial charge in [-0.05, 0) is 87.2 Å². The summed E-state index contributed by atoms with van der Waals surface area (Å²) in [6.45, 7) is 20.7. The topological polar surface area (TPSA) is 59.6 Å². The number of H-pyrrole nitrogens is 1. The molecular formula is C33H49N3O2. The standard InChI is InChI=1S/C33H49N3O2/c1-8-9-14-35(17-18-37)22-31(38)36-15-12-26(13-16-36)27-10-11-30-29(21-27)32(25(6)7)33(34-30)28(19-23(2)3)20-24(4)5/h10-11,19-21,25-26,34,37H,2,8-9,12-18,22H2,1,3-7H3/b28-19+. The fourth-order valence-electron chi connectivity index (χ4n) is 5.62. The predicted molar refractivity (Wildman–Crippen MR) is 162 cm³/mol. The molecule has 1 aromatic carbocycles. The second-order valence-corrected chi connectivity index (χ2v) is 11.5. The van der Waals surface area contributed by atoms with Gasteiger partial charge in [-0.2, -0.15) is 0 Å². The number of hydrogen-bond donors (Lipinski definition) is 2. The maximum atomic E-state index is 13.0. The third-order valence-corrected chi connectivity index (χ3v) is 7.50. The first kappa shape index (κ1) is 29.9. The van der Waals surface area contributed by atoms with Crippen molar-refractivity contribution in [3.05, 3.63) is 64.9 Å². The highest BCUT2D eigenvalue weighted by Gasteiger charge is 2.26. The molecule has 2 aromatic rings. The lowest BCUT2D eigenvalue weighted by Gasteiger charge is -2.34. The van der Waals surface area contributed by atoms with Gasteiger partial charge in [-0.3, -0.25) is 9.69 Å². The van der Waals surface area contributed by atoms with Crippen molar-refractivity contribution in [2.75, 3.05) is 39.3 Å². The molecule has 0 radical (unpaired) electrons. The minimum Gasteiger partial charge on any atom is -0.395 e. The Hall–Kier alpha value is -2.63. The highest BCUT2D eigenvalue weighted by molar-refractivity contribution is 5.92. The molecule has 1 aromatic heterocycles. The number of aliphatic hydroxyl groups is 1. The monoisotopic (exact) mass is 519 g/mol. The minimum atomic E-state index is 0.0968. The van der Waals surface area contributed by atoms with Crippen LogP contribution in [0.3, 0.4) is 0 Å². The summed E-state index contributed by atoms with van der Waals surface area (Å²) in [6, 6.07) is 6.89. The number of fused-ring (bicyclic) bond motifs is 1. The number of hydrogen-bond acceptors (Lipinski definition) is 3. The van der Waals surface area contributed by atoms with E-state index in [0.29, 0.717) is 24.9 Å². The molecule has 0 aliphatic carbocycles. The second kappa shape index (κ2) is 14.0. The van der Waals surface area contributed by atoms with E-state index in [1.165, 1.54) is 38.9 Å². The van der Waals surface area contributed by atoms with Crippen LogP contribution in [0.2, 0.25) is 0 Å². The number of allylic oxidation sites excluding steroid dienone is 5. The zero-order valence-corrected chi connectivity index (χ0v) is 24.6. The van der Waals surface area contributed by atoms with Crippen molar-refractivity contribution in [2.24, 2.45) is 0 Å². The summed E-state index contributed by atoms with van der Waals surface area (Å²) in [5, 5.41) is 10.7. The van der Waals surface area contributed by atoms with Gasteiger partial charge in [0.1, 0.15) is 0 Å². The molecule has 5 heteroatoms. The molecule has 0 saturated carbocycles. The molecule has 38 heavy (non-hydrogen) atoms. The van der Waals surface area contributed by atoms with Gasteiger partial charge in [0.25, 0.3) is 0 Å². The van der Waals surface area contributed by atoms with Gasteiger partial charge in [-0.15, -0.1) is 0 Å². The van der Waals surface area contributed by atoms with E-state index in [4.69, 9.17) is 0 Å². The quantitative estimate of drug-likeness (QED) is 0.296. The van der Waals surface area contributed by atoms with Gasteiger partial charge in [0.05, 0.1) is 13.2 Å². The van der Waals surface area contributed by atoms with E-state index in [1.54, 1.807) is 0 Å². The third kappa shape index (κ3) is 7.70. The number of unbranched alkanes of at least 4 members (excludes halogenated alkanes) is 1. The summed E-state index contributed by atoms with van der Waals surface area (Å²) in [5.74, 6) is 1.03. The first-order valence-electron chi connectivity index (χ1n) is 14.4. The van der Waals surface area contributed by atoms with Crippen LogP contribution >= 0.6 is 0 Å². The molecule has 1 saturated heterocycles. The summed E-state index contributed by atoms with van der Waals surface area (Å²) in [5.41, 5.74) is 8.57. The molecule has 3 rings (SSSR count). The van der Waals surface area contributed by atoms with E-state index < -0.39 is 0 Å². The van der Waals surface area contributed by atoms with Gasteiger partial charge in [-0.1, -0.05) is 63.1 Å². The van der Waals surface area contributed by atoms with Crippen molar-refractivity contribution in [3.63, 3.8) is 0 Å². The molecule has 1 amide bonds. The van der Waals surface area contributed by atoms with Crippen LogP contribution in [0.25, 0.3) is 16.5 Å². The van der Waals surface area contributed by atoms with Crippen molar-refractivity contribution >= 4 is 22.4 Å². The Kier molecular flexibility index (Phi) is 11.0. The number of rotatable bonds is 12. The summed E-state index contributed by atoms with van der Waals surface area (Å²) < 4.78 is 0. The summed E-state index contributed by atoms with van der Waals surface area (Å²) >= 11 is 0. The summed E-state index contributed by atoms with van der Waals surface area (Å²) in [7, 11) is 0. The zero-order valence-electron chi connectivity index (χ0n) is 24.6. The number of likely N-dealkylation sites (tertiary alicyclic amines) is 1. The molecular weight excluding hydrogens is 470 g/mol. The first-order chi connectivity index (χ1) is 18.1. The second-order valence-electron chi connectivity index (χ2n) is 11.5. The number of aromatic nitrogens is 1. The van der Waals surface area contributed by atoms with Gasteiger partial charge in [0.2, 0.25) is 5.91 Å². The lowest BCUT2D eigenvalue weighted by Crippen LogP contribution is -2.44. The summed E-state index contributed by atoms with van der Waals surface area (Å²) in [6.07, 6.45) is 8.52. The minimum absolute atomic E-state index is 0.0968. The Morgan fingerprint density at radius 2 is 1.89 bits per heavy atom. The van der Waals surface area contributed by atoms with Crippen molar-refractivity contribution in [1.82, 2.24) is 14.8 Å². The highest BCUT2D eigenvalue weighted by atomic mass is 16.3. The van der Waals surface area contributed by atoms with Gasteiger partial charge in [-0.25, -0.2) is 0 Å². The molecule has 0 unspecified atom stereocenters. The van der Waals surface area contributed by atoms with E-state index in [2.05, 4.69) is 81.4 Å². The van der Waals surface area contributed by atoms with E-state index in [-0.39, 0.29) is 12.5 Å². The Balaban J connectivity index is 1.80. The largest absolute Gasteiger partial charge is 0.395 e. The number of carbonyl (C=O) groups excluding carboxylic acids is 1. The van der Waals surface area contributed by atoms with Gasteiger partial charge in [0.15, 0.2) is 0 Å². The number of aliphatic hydroxyl groups excluding tert-OH is 1. The number of amides is 1. The van der Waals surface area contributed by atoms with E-state index >= 15 is 0 Å². The summed E-state index contributed by atoms with van der Waals surface area (Å²) in [4.78, 5) is 20.8. The molecule has 5 nitrogen and oxygen atoms in total. The maximum Gasteiger partial charge on any atom is 0.236 e. The Morgan fingerprint density at radius 1 is 1.18 bits per heavy atom. The van der Waals surface area contributed by atoms with Crippen molar-refractivity contribution in [2.45, 2.75) is 79.1 Å². The molecule has 2 heterocycles. The lowest BCUT2D eigenvalue weighted by molar-refractivity contribution is -0.133. The van der Waals surface area contributed by atoms with E-state index in [1.807, 2.05) is 11.8 Å². The van der Waals surface area contributed by atoms with Crippen LogP contribution in [0.4, 0.5) is 0 Å². The van der Waals surface area contributed by atoms with Crippen LogP contribution in [0.5, 0.6) is 0 Å². The maximum absolute atomic E-state index is 13.0. The third-order valence-electron chi connectivity index (χ3n) is 7.50. The van der Waals surface area contributed by atoms with Crippen molar-refractivity contribution in [3.8, 4) is 0 Å². The molecule has 0 spiro atoms. The average Bonchev–Trinajstić information content (AvgIpc) is 3.25. The number of nitrogens with zero attached hydrogens (tertiary/aromatic N) is 2. The predicted octanol–water partition coefficient (Wildman–Crippen LogP) is 7.02. The van der Waals surface area contributed by atoms with Crippen LogP contribution in [-0.4, -0.2) is 65.1 Å². The number of benzene rings is 1.